The summed E-state index contributed by atoms with van der Waals surface area (Å²) >= 11 is 0. The number of benzene rings is 6. The van der Waals surface area contributed by atoms with Crippen molar-refractivity contribution in [1.82, 2.24) is 0 Å². The van der Waals surface area contributed by atoms with Gasteiger partial charge in [0, 0.05) is 11.1 Å². The van der Waals surface area contributed by atoms with Crippen LogP contribution in [0.5, 0.6) is 23.0 Å². The number of hydrogen-bond acceptors (Lipinski definition) is 6. The minimum Gasteiger partial charge on any atom is -0.504 e. The van der Waals surface area contributed by atoms with Gasteiger partial charge in [-0.2, -0.15) is 0 Å². The van der Waals surface area contributed by atoms with Crippen LogP contribution in [0.15, 0.2) is 97.1 Å². The highest BCUT2D eigenvalue weighted by Gasteiger charge is 2.24. The van der Waals surface area contributed by atoms with Crippen LogP contribution in [0.25, 0.3) is 54.9 Å². The Morgan fingerprint density at radius 2 is 0.810 bits per heavy atom. The van der Waals surface area contributed by atoms with Gasteiger partial charge in [0.25, 0.3) is 0 Å². The normalized spacial score (nSPS) is 11.1. The van der Waals surface area contributed by atoms with Crippen LogP contribution in [-0.4, -0.2) is 42.6 Å². The first-order valence-corrected chi connectivity index (χ1v) is 12.8. The molecule has 6 N–H and O–H groups in total. The zero-order valence-corrected chi connectivity index (χ0v) is 21.7. The highest BCUT2D eigenvalue weighted by molar-refractivity contribution is 6.16. The van der Waals surface area contributed by atoms with Crippen LogP contribution in [-0.2, 0) is 0 Å². The second-order valence-corrected chi connectivity index (χ2v) is 9.80. The summed E-state index contributed by atoms with van der Waals surface area (Å²) in [5.41, 5.74) is 3.02. The molecule has 0 unspecified atom stereocenters. The number of aromatic hydroxyl groups is 4. The van der Waals surface area contributed by atoms with Crippen LogP contribution in [0.3, 0.4) is 0 Å². The second kappa shape index (κ2) is 9.87. The number of phenolic OH excluding ortho intramolecular Hbond substituents is 4. The molecule has 6 aromatic carbocycles. The van der Waals surface area contributed by atoms with Gasteiger partial charge in [0.15, 0.2) is 23.0 Å². The van der Waals surface area contributed by atoms with E-state index >= 15 is 0 Å². The molecule has 8 heteroatoms. The minimum absolute atomic E-state index is 0.0887. The summed E-state index contributed by atoms with van der Waals surface area (Å²) in [4.78, 5) is 22.7. The van der Waals surface area contributed by atoms with Gasteiger partial charge < -0.3 is 30.6 Å². The van der Waals surface area contributed by atoms with Crippen molar-refractivity contribution in [3.8, 4) is 56.4 Å². The Balaban J connectivity index is 1.64. The average Bonchev–Trinajstić information content (AvgIpc) is 2.99. The largest absolute Gasteiger partial charge is 0.504 e. The van der Waals surface area contributed by atoms with Gasteiger partial charge in [-0.25, -0.2) is 9.59 Å². The van der Waals surface area contributed by atoms with E-state index in [1.807, 2.05) is 0 Å². The Hall–Kier alpha value is -6.02. The lowest BCUT2D eigenvalue weighted by Gasteiger charge is -2.18. The van der Waals surface area contributed by atoms with Crippen LogP contribution in [0, 0.1) is 0 Å². The van der Waals surface area contributed by atoms with Crippen molar-refractivity contribution in [2.24, 2.45) is 0 Å². The van der Waals surface area contributed by atoms with Gasteiger partial charge in [0.1, 0.15) is 0 Å². The van der Waals surface area contributed by atoms with Crippen LogP contribution in [0.4, 0.5) is 0 Å². The van der Waals surface area contributed by atoms with Crippen LogP contribution >= 0.6 is 0 Å². The molecule has 0 heterocycles. The highest BCUT2D eigenvalue weighted by Crippen LogP contribution is 2.52. The monoisotopic (exact) mass is 558 g/mol. The van der Waals surface area contributed by atoms with E-state index in [0.29, 0.717) is 43.8 Å². The summed E-state index contributed by atoms with van der Waals surface area (Å²) < 4.78 is 0. The second-order valence-electron chi connectivity index (χ2n) is 9.80. The van der Waals surface area contributed by atoms with Crippen LogP contribution < -0.4 is 0 Å². The lowest BCUT2D eigenvalue weighted by Crippen LogP contribution is -1.95. The molecule has 0 saturated carbocycles. The van der Waals surface area contributed by atoms with Crippen molar-refractivity contribution in [1.29, 1.82) is 0 Å². The molecular formula is C34H22O8. The molecule has 0 amide bonds. The van der Waals surface area contributed by atoms with E-state index in [1.165, 1.54) is 36.4 Å². The number of carbonyl (C=O) groups is 2. The molecule has 0 aliphatic heterocycles. The van der Waals surface area contributed by atoms with Crippen LogP contribution in [0.1, 0.15) is 20.7 Å². The molecule has 0 aliphatic rings. The Labute approximate surface area is 238 Å². The Morgan fingerprint density at radius 3 is 1.14 bits per heavy atom. The van der Waals surface area contributed by atoms with E-state index in [-0.39, 0.29) is 22.3 Å². The third-order valence-electron chi connectivity index (χ3n) is 7.41. The lowest BCUT2D eigenvalue weighted by molar-refractivity contribution is 0.0686. The minimum atomic E-state index is -1.06. The predicted octanol–water partition coefficient (Wildman–Crippen LogP) is 7.21. The first kappa shape index (κ1) is 26.2. The molecule has 0 saturated heterocycles. The first-order valence-electron chi connectivity index (χ1n) is 12.8. The topological polar surface area (TPSA) is 156 Å². The summed E-state index contributed by atoms with van der Waals surface area (Å²) in [5.74, 6) is -4.04. The van der Waals surface area contributed by atoms with Gasteiger partial charge in [-0.05, 0) is 80.2 Å². The summed E-state index contributed by atoms with van der Waals surface area (Å²) in [6.07, 6.45) is 0. The first-order chi connectivity index (χ1) is 20.2. The number of carboxylic acid groups (broad SMARTS) is 2. The molecule has 0 spiro atoms. The summed E-state index contributed by atoms with van der Waals surface area (Å²) in [6, 6.07) is 25.7. The fourth-order valence-corrected chi connectivity index (χ4v) is 5.39. The molecule has 0 radical (unpaired) electrons. The van der Waals surface area contributed by atoms with Gasteiger partial charge in [-0.1, -0.05) is 60.7 Å². The van der Waals surface area contributed by atoms with E-state index < -0.39 is 34.9 Å². The standard InChI is InChI=1S/C34H22O8/c35-27-15-25-21(17-7-11-19(12-8-17)33(39)40)3-1-5-23(25)29(31(27)37)30-24-6-2-4-22(26(24)16-28(36)32(30)38)18-9-13-20(14-10-18)34(41)42/h1-16,35-38H,(H,39,40)(H,41,42). The van der Waals surface area contributed by atoms with E-state index in [1.54, 1.807) is 60.7 Å². The number of fused-ring (bicyclic) bond motifs is 2. The number of phenols is 4. The van der Waals surface area contributed by atoms with Crippen molar-refractivity contribution in [3.63, 3.8) is 0 Å². The van der Waals surface area contributed by atoms with Crippen molar-refractivity contribution in [2.45, 2.75) is 0 Å². The maximum Gasteiger partial charge on any atom is 0.335 e. The summed E-state index contributed by atoms with van der Waals surface area (Å²) in [7, 11) is 0. The number of carboxylic acids is 2. The maximum atomic E-state index is 11.3. The fraction of sp³-hybridized carbons (Fsp3) is 0. The predicted molar refractivity (Wildman–Crippen MR) is 158 cm³/mol. The third-order valence-corrected chi connectivity index (χ3v) is 7.41. The quantitative estimate of drug-likeness (QED) is 0.121. The zero-order valence-electron chi connectivity index (χ0n) is 21.7. The smallest absolute Gasteiger partial charge is 0.335 e. The van der Waals surface area contributed by atoms with Crippen molar-refractivity contribution < 1.29 is 40.2 Å². The fourth-order valence-electron chi connectivity index (χ4n) is 5.39. The van der Waals surface area contributed by atoms with Crippen LogP contribution in [0.2, 0.25) is 0 Å². The van der Waals surface area contributed by atoms with Gasteiger partial charge in [-0.15, -0.1) is 0 Å². The summed E-state index contributed by atoms with van der Waals surface area (Å²) in [5, 5.41) is 64.6. The summed E-state index contributed by atoms with van der Waals surface area (Å²) in [6.45, 7) is 0. The third kappa shape index (κ3) is 4.18. The van der Waals surface area contributed by atoms with E-state index in [9.17, 15) is 40.2 Å². The molecule has 8 nitrogen and oxygen atoms in total. The number of rotatable bonds is 5. The van der Waals surface area contributed by atoms with Crippen molar-refractivity contribution in [2.75, 3.05) is 0 Å². The maximum absolute atomic E-state index is 11.3. The van der Waals surface area contributed by atoms with E-state index in [0.717, 1.165) is 0 Å². The molecule has 6 rings (SSSR count). The number of aromatic carboxylic acids is 2. The number of hydrogen-bond donors (Lipinski definition) is 6. The van der Waals surface area contributed by atoms with Gasteiger partial charge in [0.05, 0.1) is 11.1 Å². The molecule has 0 aromatic heterocycles. The Bertz CT molecular complexity index is 1910. The molecule has 42 heavy (non-hydrogen) atoms. The highest BCUT2D eigenvalue weighted by atomic mass is 16.4. The van der Waals surface area contributed by atoms with Gasteiger partial charge in [-0.3, -0.25) is 0 Å². The Kier molecular flexibility index (Phi) is 6.16. The lowest BCUT2D eigenvalue weighted by atomic mass is 9.87. The van der Waals surface area contributed by atoms with E-state index in [4.69, 9.17) is 0 Å². The van der Waals surface area contributed by atoms with Gasteiger partial charge in [0.2, 0.25) is 0 Å². The SMILES string of the molecule is O=C(O)c1ccc(-c2cccc3c(-c4c(O)c(O)cc5c(-c6ccc(C(=O)O)cc6)cccc45)c(O)c(O)cc23)cc1. The molecule has 0 atom stereocenters. The average molecular weight is 559 g/mol. The zero-order chi connectivity index (χ0) is 29.7. The van der Waals surface area contributed by atoms with E-state index in [2.05, 4.69) is 0 Å². The molecule has 206 valence electrons. The van der Waals surface area contributed by atoms with Gasteiger partial charge >= 0.3 is 11.9 Å². The molecule has 0 bridgehead atoms. The molecular weight excluding hydrogens is 536 g/mol. The van der Waals surface area contributed by atoms with Crippen molar-refractivity contribution in [3.05, 3.63) is 108 Å². The molecule has 0 fully saturated rings. The molecule has 6 aromatic rings. The Morgan fingerprint density at radius 1 is 0.452 bits per heavy atom. The molecule has 0 aliphatic carbocycles. The van der Waals surface area contributed by atoms with Crippen molar-refractivity contribution >= 4 is 33.5 Å².